The number of benzene rings is 12. The number of anilines is 6. The fraction of sp³-hybridized carbons (Fsp3) is 0.0833. The highest BCUT2D eigenvalue weighted by Gasteiger charge is 2.38. The minimum Gasteiger partial charge on any atom is -0.310 e. The maximum absolute atomic E-state index is 3.62. The van der Waals surface area contributed by atoms with E-state index in [2.05, 4.69) is 292 Å². The van der Waals surface area contributed by atoms with Crippen LogP contribution in [0.15, 0.2) is 243 Å². The van der Waals surface area contributed by atoms with E-state index in [0.29, 0.717) is 0 Å². The predicted molar refractivity (Wildman–Crippen MR) is 313 cm³/mol. The lowest BCUT2D eigenvalue weighted by molar-refractivity contribution is 0.660. The molecule has 0 amide bonds. The number of hydrogen-bond donors (Lipinski definition) is 0. The highest BCUT2D eigenvalue weighted by molar-refractivity contribution is 5.96. The highest BCUT2D eigenvalue weighted by atomic mass is 15.1. The molecule has 0 spiro atoms. The average molecular weight is 945 g/mol. The third-order valence-corrected chi connectivity index (χ3v) is 16.2. The van der Waals surface area contributed by atoms with Crippen molar-refractivity contribution in [1.29, 1.82) is 0 Å². The van der Waals surface area contributed by atoms with Crippen molar-refractivity contribution in [2.45, 2.75) is 38.5 Å². The smallest absolute Gasteiger partial charge is 0.0468 e. The first kappa shape index (κ1) is 43.6. The first-order valence-corrected chi connectivity index (χ1v) is 25.8. The molecule has 0 heterocycles. The molecule has 0 radical (unpaired) electrons. The molecule has 0 unspecified atom stereocenters. The third-order valence-electron chi connectivity index (χ3n) is 16.2. The molecule has 0 fully saturated rings. The summed E-state index contributed by atoms with van der Waals surface area (Å²) in [5.74, 6) is 7.23. The summed E-state index contributed by atoms with van der Waals surface area (Å²) in [6, 6.07) is 89.4. The van der Waals surface area contributed by atoms with E-state index in [1.54, 1.807) is 0 Å². The van der Waals surface area contributed by atoms with Gasteiger partial charge in [0.1, 0.15) is 0 Å². The third kappa shape index (κ3) is 7.11. The zero-order chi connectivity index (χ0) is 49.7. The van der Waals surface area contributed by atoms with Gasteiger partial charge in [0.2, 0.25) is 0 Å². The number of nitrogens with zero attached hydrogens (tertiary/aromatic N) is 2. The van der Waals surface area contributed by atoms with Gasteiger partial charge in [0.05, 0.1) is 0 Å². The predicted octanol–water partition coefficient (Wildman–Crippen LogP) is 19.3. The summed E-state index contributed by atoms with van der Waals surface area (Å²) >= 11 is 0. The number of fused-ring (bicyclic) bond motifs is 10. The van der Waals surface area contributed by atoms with Crippen molar-refractivity contribution in [1.82, 2.24) is 0 Å². The molecule has 2 heteroatoms. The summed E-state index contributed by atoms with van der Waals surface area (Å²) in [5, 5.41) is 9.82. The zero-order valence-electron chi connectivity index (χ0n) is 42.0. The Balaban J connectivity index is 0.782. The normalized spacial score (nSPS) is 13.5. The maximum Gasteiger partial charge on any atom is 0.0468 e. The van der Waals surface area contributed by atoms with Gasteiger partial charge in [-0.05, 0) is 185 Å². The second-order valence-electron chi connectivity index (χ2n) is 21.3. The van der Waals surface area contributed by atoms with Crippen LogP contribution < -0.4 is 9.80 Å². The molecule has 0 N–H and O–H groups in total. The van der Waals surface area contributed by atoms with Crippen molar-refractivity contribution in [3.05, 3.63) is 276 Å². The molecule has 12 aromatic carbocycles. The van der Waals surface area contributed by atoms with E-state index in [9.17, 15) is 0 Å². The fourth-order valence-corrected chi connectivity index (χ4v) is 12.2. The van der Waals surface area contributed by atoms with Crippen molar-refractivity contribution >= 4 is 77.2 Å². The molecule has 350 valence electrons. The van der Waals surface area contributed by atoms with Crippen LogP contribution in [0.3, 0.4) is 0 Å². The van der Waals surface area contributed by atoms with Gasteiger partial charge in [0.25, 0.3) is 0 Å². The molecule has 2 nitrogen and oxygen atoms in total. The van der Waals surface area contributed by atoms with Crippen LogP contribution in [0.25, 0.3) is 65.3 Å². The largest absolute Gasteiger partial charge is 0.310 e. The van der Waals surface area contributed by atoms with Crippen LogP contribution in [0, 0.1) is 11.8 Å². The van der Waals surface area contributed by atoms with Crippen LogP contribution in [-0.2, 0) is 10.8 Å². The number of hydrogen-bond acceptors (Lipinski definition) is 2. The lowest BCUT2D eigenvalue weighted by Gasteiger charge is -2.28. The summed E-state index contributed by atoms with van der Waals surface area (Å²) < 4.78 is 0. The molecule has 74 heavy (non-hydrogen) atoms. The molecular formula is C72H52N2. The molecule has 14 rings (SSSR count). The molecule has 12 aromatic rings. The molecule has 0 saturated heterocycles. The molecule has 0 aliphatic heterocycles. The Bertz CT molecular complexity index is 3910. The average Bonchev–Trinajstić information content (AvgIpc) is 3.80. The first-order valence-electron chi connectivity index (χ1n) is 25.8. The van der Waals surface area contributed by atoms with Crippen molar-refractivity contribution < 1.29 is 0 Å². The van der Waals surface area contributed by atoms with Crippen LogP contribution in [0.5, 0.6) is 0 Å². The lowest BCUT2D eigenvalue weighted by atomic mass is 9.81. The second-order valence-corrected chi connectivity index (χ2v) is 21.3. The Morgan fingerprint density at radius 2 is 0.486 bits per heavy atom. The molecule has 0 aromatic heterocycles. The van der Waals surface area contributed by atoms with E-state index >= 15 is 0 Å². The Hall–Kier alpha value is -9.16. The monoisotopic (exact) mass is 944 g/mol. The molecular weight excluding hydrogens is 893 g/mol. The van der Waals surface area contributed by atoms with Gasteiger partial charge in [-0.25, -0.2) is 0 Å². The minimum atomic E-state index is -0.239. The molecule has 0 saturated carbocycles. The van der Waals surface area contributed by atoms with E-state index in [0.717, 1.165) is 45.3 Å². The van der Waals surface area contributed by atoms with Gasteiger partial charge in [-0.15, -0.1) is 0 Å². The van der Waals surface area contributed by atoms with Crippen molar-refractivity contribution in [3.63, 3.8) is 0 Å². The SMILES string of the molecule is CC1(C)c2cc(C#Cc3ccc4c(c3)C(C)(C)c3cc(N(c5ccc6ccccc6c5)c5ccc6ccccc6c5)ccc3-4)ccc2-c2ccc(N(c3ccc4ccccc4c3)c3ccc4ccccc4c3)cc21. The minimum absolute atomic E-state index is 0.239. The van der Waals surface area contributed by atoms with Gasteiger partial charge in [-0.3, -0.25) is 0 Å². The summed E-state index contributed by atoms with van der Waals surface area (Å²) in [5.41, 5.74) is 18.8. The molecule has 0 atom stereocenters. The lowest BCUT2D eigenvalue weighted by Crippen LogP contribution is -2.17. The quantitative estimate of drug-likeness (QED) is 0.153. The highest BCUT2D eigenvalue weighted by Crippen LogP contribution is 2.53. The summed E-state index contributed by atoms with van der Waals surface area (Å²) in [4.78, 5) is 4.83. The summed E-state index contributed by atoms with van der Waals surface area (Å²) in [6.45, 7) is 9.46. The van der Waals surface area contributed by atoms with E-state index in [1.165, 1.54) is 87.6 Å². The van der Waals surface area contributed by atoms with Crippen molar-refractivity contribution in [2.24, 2.45) is 0 Å². The van der Waals surface area contributed by atoms with Crippen molar-refractivity contribution in [2.75, 3.05) is 9.80 Å². The van der Waals surface area contributed by atoms with Crippen LogP contribution in [0.1, 0.15) is 61.1 Å². The number of rotatable bonds is 6. The van der Waals surface area contributed by atoms with Crippen LogP contribution in [-0.4, -0.2) is 0 Å². The van der Waals surface area contributed by atoms with Crippen LogP contribution in [0.2, 0.25) is 0 Å². The summed E-state index contributed by atoms with van der Waals surface area (Å²) in [7, 11) is 0. The van der Waals surface area contributed by atoms with Gasteiger partial charge < -0.3 is 9.80 Å². The van der Waals surface area contributed by atoms with Crippen molar-refractivity contribution in [3.8, 4) is 34.1 Å². The molecule has 0 bridgehead atoms. The van der Waals surface area contributed by atoms with Gasteiger partial charge in [0.15, 0.2) is 0 Å². The Morgan fingerprint density at radius 3 is 0.797 bits per heavy atom. The van der Waals surface area contributed by atoms with E-state index in [4.69, 9.17) is 0 Å². The van der Waals surface area contributed by atoms with E-state index < -0.39 is 0 Å². The summed E-state index contributed by atoms with van der Waals surface area (Å²) in [6.07, 6.45) is 0. The van der Waals surface area contributed by atoms with Gasteiger partial charge in [-0.2, -0.15) is 0 Å². The van der Waals surface area contributed by atoms with Gasteiger partial charge in [0, 0.05) is 56.1 Å². The Morgan fingerprint density at radius 1 is 0.243 bits per heavy atom. The first-order chi connectivity index (χ1) is 36.1. The standard InChI is InChI=1S/C72H52N2/c1-71(2)67-39-47(23-35-63(67)65-37-33-61(45-69(65)71)73(57-29-25-49-13-5-9-17-53(49)41-57)58-30-26-50-14-6-10-18-54(50)42-58)21-22-48-24-36-64-66-38-34-62(46-70(66)72(3,4)68(64)40-48)74(59-31-27-51-15-7-11-19-55(51)43-59)60-32-28-52-16-8-12-20-56(52)44-60/h5-20,23-46H,1-4H3. The zero-order valence-corrected chi connectivity index (χ0v) is 42.0. The second kappa shape index (κ2) is 16.7. The maximum atomic E-state index is 3.62. The van der Waals surface area contributed by atoms with E-state index in [1.807, 2.05) is 0 Å². The molecule has 2 aliphatic rings. The fourth-order valence-electron chi connectivity index (χ4n) is 12.2. The van der Waals surface area contributed by atoms with Gasteiger partial charge in [-0.1, -0.05) is 185 Å². The van der Waals surface area contributed by atoms with Crippen LogP contribution >= 0.6 is 0 Å². The molecule has 2 aliphatic carbocycles. The van der Waals surface area contributed by atoms with Gasteiger partial charge >= 0.3 is 0 Å². The van der Waals surface area contributed by atoms with E-state index in [-0.39, 0.29) is 10.8 Å². The van der Waals surface area contributed by atoms with Crippen LogP contribution in [0.4, 0.5) is 34.1 Å². The Kier molecular flexibility index (Phi) is 9.85. The topological polar surface area (TPSA) is 6.48 Å². The Labute approximate surface area is 433 Å².